The second-order valence-corrected chi connectivity index (χ2v) is 7.24. The van der Waals surface area contributed by atoms with E-state index >= 15 is 0 Å². The van der Waals surface area contributed by atoms with Crippen LogP contribution in [0.15, 0.2) is 42.5 Å². The van der Waals surface area contributed by atoms with Gasteiger partial charge in [-0.1, -0.05) is 60.7 Å². The smallest absolute Gasteiger partial charge is 0.235 e. The third kappa shape index (κ3) is 3.63. The van der Waals surface area contributed by atoms with Crippen molar-refractivity contribution < 1.29 is 9.53 Å². The monoisotopic (exact) mass is 377 g/mol. The summed E-state index contributed by atoms with van der Waals surface area (Å²) in [5.74, 6) is 0.555. The number of ether oxygens (including phenoxy) is 1. The number of methoxy groups -OCH3 is 1. The molecular formula is C20H21Cl2NO2. The van der Waals surface area contributed by atoms with Crippen LogP contribution in [0.4, 0.5) is 5.69 Å². The first kappa shape index (κ1) is 18.1. The van der Waals surface area contributed by atoms with E-state index in [2.05, 4.69) is 5.32 Å². The molecule has 0 heterocycles. The second kappa shape index (κ2) is 7.67. The number of hydrogen-bond acceptors (Lipinski definition) is 2. The highest BCUT2D eigenvalue weighted by atomic mass is 35.5. The number of carbonyl (C=O) groups is 1. The van der Waals surface area contributed by atoms with Crippen molar-refractivity contribution in [2.75, 3.05) is 12.4 Å². The van der Waals surface area contributed by atoms with E-state index in [-0.39, 0.29) is 5.91 Å². The predicted octanol–water partition coefficient (Wildman–Crippen LogP) is 5.84. The molecule has 1 fully saturated rings. The van der Waals surface area contributed by atoms with Crippen LogP contribution in [0.25, 0.3) is 0 Å². The number of carbonyl (C=O) groups excluding carboxylic acids is 1. The number of amides is 1. The van der Waals surface area contributed by atoms with Crippen LogP contribution in [-0.2, 0) is 10.2 Å². The van der Waals surface area contributed by atoms with E-state index in [1.807, 2.05) is 24.3 Å². The minimum Gasteiger partial charge on any atom is -0.495 e. The minimum absolute atomic E-state index is 0.0264. The molecular weight excluding hydrogens is 357 g/mol. The van der Waals surface area contributed by atoms with Gasteiger partial charge in [-0.25, -0.2) is 0 Å². The van der Waals surface area contributed by atoms with E-state index in [9.17, 15) is 4.79 Å². The van der Waals surface area contributed by atoms with Crippen LogP contribution in [0.2, 0.25) is 10.0 Å². The molecule has 1 aliphatic rings. The molecule has 1 saturated carbocycles. The lowest BCUT2D eigenvalue weighted by Gasteiger charge is -2.37. The lowest BCUT2D eigenvalue weighted by molar-refractivity contribution is -0.122. The molecule has 1 aliphatic carbocycles. The highest BCUT2D eigenvalue weighted by molar-refractivity contribution is 6.32. The van der Waals surface area contributed by atoms with Crippen molar-refractivity contribution in [3.05, 3.63) is 58.1 Å². The van der Waals surface area contributed by atoms with Gasteiger partial charge in [-0.15, -0.1) is 0 Å². The van der Waals surface area contributed by atoms with Crippen LogP contribution in [0.5, 0.6) is 5.75 Å². The Morgan fingerprint density at radius 3 is 2.40 bits per heavy atom. The minimum atomic E-state index is -0.594. The summed E-state index contributed by atoms with van der Waals surface area (Å²) in [5.41, 5.74) is 0.976. The molecule has 0 saturated heterocycles. The van der Waals surface area contributed by atoms with Crippen molar-refractivity contribution in [3.63, 3.8) is 0 Å². The highest BCUT2D eigenvalue weighted by Crippen LogP contribution is 2.43. The second-order valence-electron chi connectivity index (χ2n) is 6.43. The molecule has 0 spiro atoms. The number of hydrogen-bond donors (Lipinski definition) is 1. The summed E-state index contributed by atoms with van der Waals surface area (Å²) in [7, 11) is 1.56. The van der Waals surface area contributed by atoms with Gasteiger partial charge in [-0.2, -0.15) is 0 Å². The Kier molecular flexibility index (Phi) is 5.55. The van der Waals surface area contributed by atoms with Crippen LogP contribution in [0.1, 0.15) is 37.7 Å². The van der Waals surface area contributed by atoms with Crippen LogP contribution in [0.3, 0.4) is 0 Å². The molecule has 132 valence electrons. The van der Waals surface area contributed by atoms with E-state index in [1.54, 1.807) is 25.3 Å². The Bertz CT molecular complexity index is 770. The standard InChI is InChI=1S/C20H21Cl2NO2/c1-25-18-10-9-14(13-17(18)22)23-19(24)20(11-5-2-6-12-20)15-7-3-4-8-16(15)21/h3-4,7-10,13H,2,5-6,11-12H2,1H3,(H,23,24). The number of rotatable bonds is 4. The Hall–Kier alpha value is -1.71. The topological polar surface area (TPSA) is 38.3 Å². The number of nitrogens with one attached hydrogen (secondary N) is 1. The fourth-order valence-corrected chi connectivity index (χ4v) is 4.19. The lowest BCUT2D eigenvalue weighted by Crippen LogP contribution is -2.42. The van der Waals surface area contributed by atoms with Crippen molar-refractivity contribution in [1.82, 2.24) is 0 Å². The average Bonchev–Trinajstić information content (AvgIpc) is 2.63. The molecule has 0 aliphatic heterocycles. The number of benzene rings is 2. The fraction of sp³-hybridized carbons (Fsp3) is 0.350. The fourth-order valence-electron chi connectivity index (χ4n) is 3.62. The third-order valence-corrected chi connectivity index (χ3v) is 5.57. The summed E-state index contributed by atoms with van der Waals surface area (Å²) in [6, 6.07) is 12.9. The maximum atomic E-state index is 13.3. The summed E-state index contributed by atoms with van der Waals surface area (Å²) < 4.78 is 5.16. The maximum Gasteiger partial charge on any atom is 0.235 e. The zero-order chi connectivity index (χ0) is 17.9. The Balaban J connectivity index is 1.93. The van der Waals surface area contributed by atoms with E-state index < -0.39 is 5.41 Å². The zero-order valence-corrected chi connectivity index (χ0v) is 15.7. The van der Waals surface area contributed by atoms with Gasteiger partial charge < -0.3 is 10.1 Å². The first-order chi connectivity index (χ1) is 12.1. The van der Waals surface area contributed by atoms with Gasteiger partial charge in [0.2, 0.25) is 5.91 Å². The van der Waals surface area contributed by atoms with Gasteiger partial charge in [0.15, 0.2) is 0 Å². The Labute approximate surface area is 158 Å². The zero-order valence-electron chi connectivity index (χ0n) is 14.1. The maximum absolute atomic E-state index is 13.3. The molecule has 5 heteroatoms. The molecule has 1 N–H and O–H groups in total. The molecule has 2 aromatic carbocycles. The molecule has 3 rings (SSSR count). The van der Waals surface area contributed by atoms with Crippen LogP contribution in [-0.4, -0.2) is 13.0 Å². The SMILES string of the molecule is COc1ccc(NC(=O)C2(c3ccccc3Cl)CCCCC2)cc1Cl. The van der Waals surface area contributed by atoms with Crippen LogP contribution in [0, 0.1) is 0 Å². The summed E-state index contributed by atoms with van der Waals surface area (Å²) >= 11 is 12.6. The largest absolute Gasteiger partial charge is 0.495 e. The van der Waals surface area contributed by atoms with Crippen molar-refractivity contribution >= 4 is 34.8 Å². The first-order valence-corrected chi connectivity index (χ1v) is 9.22. The quantitative estimate of drug-likeness (QED) is 0.726. The molecule has 1 amide bonds. The Morgan fingerprint density at radius 2 is 1.76 bits per heavy atom. The normalized spacial score (nSPS) is 16.3. The summed E-state index contributed by atoms with van der Waals surface area (Å²) in [4.78, 5) is 13.3. The molecule has 0 atom stereocenters. The number of halogens is 2. The summed E-state index contributed by atoms with van der Waals surface area (Å²) in [6.07, 6.45) is 4.77. The van der Waals surface area contributed by atoms with Gasteiger partial charge in [-0.3, -0.25) is 4.79 Å². The van der Waals surface area contributed by atoms with Gasteiger partial charge in [0.1, 0.15) is 5.75 Å². The molecule has 25 heavy (non-hydrogen) atoms. The molecule has 0 unspecified atom stereocenters. The van der Waals surface area contributed by atoms with Crippen LogP contribution >= 0.6 is 23.2 Å². The number of anilines is 1. The van der Waals surface area contributed by atoms with Crippen molar-refractivity contribution in [3.8, 4) is 5.75 Å². The van der Waals surface area contributed by atoms with Gasteiger partial charge in [-0.05, 0) is 42.7 Å². The Morgan fingerprint density at radius 1 is 1.04 bits per heavy atom. The predicted molar refractivity (Wildman–Crippen MR) is 103 cm³/mol. The van der Waals surface area contributed by atoms with Gasteiger partial charge in [0, 0.05) is 10.7 Å². The van der Waals surface area contributed by atoms with E-state index in [4.69, 9.17) is 27.9 Å². The van der Waals surface area contributed by atoms with Crippen LogP contribution < -0.4 is 10.1 Å². The lowest BCUT2D eigenvalue weighted by atomic mass is 9.68. The van der Waals surface area contributed by atoms with Gasteiger partial charge >= 0.3 is 0 Å². The third-order valence-electron chi connectivity index (χ3n) is 4.94. The molecule has 3 nitrogen and oxygen atoms in total. The summed E-state index contributed by atoms with van der Waals surface area (Å²) in [6.45, 7) is 0. The van der Waals surface area contributed by atoms with Gasteiger partial charge in [0.05, 0.1) is 17.5 Å². The van der Waals surface area contributed by atoms with E-state index in [0.717, 1.165) is 37.7 Å². The molecule has 0 aromatic heterocycles. The first-order valence-electron chi connectivity index (χ1n) is 8.47. The van der Waals surface area contributed by atoms with E-state index in [0.29, 0.717) is 21.5 Å². The highest BCUT2D eigenvalue weighted by Gasteiger charge is 2.42. The van der Waals surface area contributed by atoms with E-state index in [1.165, 1.54) is 0 Å². The van der Waals surface area contributed by atoms with Gasteiger partial charge in [0.25, 0.3) is 0 Å². The average molecular weight is 378 g/mol. The molecule has 0 bridgehead atoms. The summed E-state index contributed by atoms with van der Waals surface area (Å²) in [5, 5.41) is 4.15. The van der Waals surface area contributed by atoms with Crippen molar-refractivity contribution in [2.45, 2.75) is 37.5 Å². The molecule has 2 aromatic rings. The van der Waals surface area contributed by atoms with Crippen molar-refractivity contribution in [1.29, 1.82) is 0 Å². The van der Waals surface area contributed by atoms with Crippen molar-refractivity contribution in [2.24, 2.45) is 0 Å². The molecule has 0 radical (unpaired) electrons.